The minimum absolute atomic E-state index is 0.0200. The van der Waals surface area contributed by atoms with Gasteiger partial charge in [-0.05, 0) is 43.0 Å². The smallest absolute Gasteiger partial charge is 0.254 e. The van der Waals surface area contributed by atoms with E-state index in [1.165, 1.54) is 0 Å². The molecule has 4 aliphatic rings. The van der Waals surface area contributed by atoms with Crippen molar-refractivity contribution < 1.29 is 14.4 Å². The zero-order valence-electron chi connectivity index (χ0n) is 15.0. The van der Waals surface area contributed by atoms with Gasteiger partial charge in [0.25, 0.3) is 5.91 Å². The monoisotopic (exact) mass is 353 g/mol. The number of likely N-dealkylation sites (tertiary alicyclic amines) is 2. The molecule has 26 heavy (non-hydrogen) atoms. The Hall–Kier alpha value is -2.37. The standard InChI is InChI=1S/C20H23N3O3/c1-20(5-6-20)19(26)22-10-13-4-7-23(16(13)11-22)18(25)12-2-3-15-14(8-12)9-17(24)21-15/h2-3,8,13,16H,4-7,9-11H2,1H3,(H,21,24)/t13-,16+/m0/s1. The van der Waals surface area contributed by atoms with Crippen LogP contribution in [0.25, 0.3) is 0 Å². The van der Waals surface area contributed by atoms with Crippen LogP contribution in [0.1, 0.15) is 42.1 Å². The van der Waals surface area contributed by atoms with Crippen molar-refractivity contribution in [2.45, 2.75) is 38.6 Å². The second-order valence-electron chi connectivity index (χ2n) is 8.48. The van der Waals surface area contributed by atoms with Crippen molar-refractivity contribution in [1.29, 1.82) is 0 Å². The van der Waals surface area contributed by atoms with Crippen molar-refractivity contribution in [1.82, 2.24) is 9.80 Å². The Bertz CT molecular complexity index is 830. The first-order chi connectivity index (χ1) is 12.4. The molecule has 3 heterocycles. The van der Waals surface area contributed by atoms with Crippen LogP contribution in [0.2, 0.25) is 0 Å². The van der Waals surface area contributed by atoms with Crippen LogP contribution in [-0.2, 0) is 16.0 Å². The van der Waals surface area contributed by atoms with Crippen LogP contribution in [0.5, 0.6) is 0 Å². The maximum Gasteiger partial charge on any atom is 0.254 e. The molecule has 1 aliphatic carbocycles. The van der Waals surface area contributed by atoms with Crippen molar-refractivity contribution in [3.05, 3.63) is 29.3 Å². The first kappa shape index (κ1) is 15.9. The molecule has 1 aromatic rings. The number of rotatable bonds is 2. The van der Waals surface area contributed by atoms with Crippen molar-refractivity contribution >= 4 is 23.4 Å². The Balaban J connectivity index is 1.33. The van der Waals surface area contributed by atoms with E-state index in [9.17, 15) is 14.4 Å². The van der Waals surface area contributed by atoms with Crippen LogP contribution in [-0.4, -0.2) is 53.2 Å². The van der Waals surface area contributed by atoms with E-state index >= 15 is 0 Å². The number of hydrogen-bond donors (Lipinski definition) is 1. The highest BCUT2D eigenvalue weighted by molar-refractivity contribution is 6.01. The molecule has 0 bridgehead atoms. The average Bonchev–Trinajstić information content (AvgIpc) is 2.98. The Morgan fingerprint density at radius 1 is 1.23 bits per heavy atom. The summed E-state index contributed by atoms with van der Waals surface area (Å²) in [6.45, 7) is 4.25. The molecule has 2 saturated heterocycles. The van der Waals surface area contributed by atoms with Gasteiger partial charge >= 0.3 is 0 Å². The molecular formula is C20H23N3O3. The molecule has 2 atom stereocenters. The lowest BCUT2D eigenvalue weighted by atomic mass is 10.0. The summed E-state index contributed by atoms with van der Waals surface area (Å²) in [5, 5.41) is 2.80. The number of hydrogen-bond acceptors (Lipinski definition) is 3. The molecule has 0 radical (unpaired) electrons. The highest BCUT2D eigenvalue weighted by Crippen LogP contribution is 2.48. The Morgan fingerprint density at radius 3 is 2.81 bits per heavy atom. The molecule has 136 valence electrons. The van der Waals surface area contributed by atoms with Gasteiger partial charge in [0.2, 0.25) is 11.8 Å². The van der Waals surface area contributed by atoms with Gasteiger partial charge in [0.15, 0.2) is 0 Å². The summed E-state index contributed by atoms with van der Waals surface area (Å²) in [6.07, 6.45) is 3.27. The Labute approximate surface area is 152 Å². The summed E-state index contributed by atoms with van der Waals surface area (Å²) in [6, 6.07) is 5.58. The van der Waals surface area contributed by atoms with Crippen LogP contribution in [0.4, 0.5) is 5.69 Å². The average molecular weight is 353 g/mol. The van der Waals surface area contributed by atoms with Gasteiger partial charge in [-0.1, -0.05) is 6.92 Å². The fourth-order valence-electron chi connectivity index (χ4n) is 4.69. The minimum atomic E-state index is -0.146. The topological polar surface area (TPSA) is 69.7 Å². The maximum absolute atomic E-state index is 13.1. The molecule has 3 amide bonds. The van der Waals surface area contributed by atoms with E-state index in [2.05, 4.69) is 5.32 Å². The Morgan fingerprint density at radius 2 is 2.04 bits per heavy atom. The van der Waals surface area contributed by atoms with E-state index in [0.29, 0.717) is 24.4 Å². The predicted molar refractivity (Wildman–Crippen MR) is 95.6 cm³/mol. The molecule has 0 unspecified atom stereocenters. The Kier molecular flexibility index (Phi) is 3.24. The van der Waals surface area contributed by atoms with Gasteiger partial charge < -0.3 is 15.1 Å². The second kappa shape index (κ2) is 5.32. The van der Waals surface area contributed by atoms with E-state index in [-0.39, 0.29) is 29.2 Å². The van der Waals surface area contributed by atoms with Crippen molar-refractivity contribution in [3.63, 3.8) is 0 Å². The number of fused-ring (bicyclic) bond motifs is 2. The summed E-state index contributed by atoms with van der Waals surface area (Å²) < 4.78 is 0. The third-order valence-corrected chi connectivity index (χ3v) is 6.59. The largest absolute Gasteiger partial charge is 0.340 e. The van der Waals surface area contributed by atoms with Crippen molar-refractivity contribution in [2.24, 2.45) is 11.3 Å². The van der Waals surface area contributed by atoms with E-state index in [1.54, 1.807) is 6.07 Å². The van der Waals surface area contributed by atoms with Gasteiger partial charge in [-0.25, -0.2) is 0 Å². The molecule has 6 nitrogen and oxygen atoms in total. The fourth-order valence-corrected chi connectivity index (χ4v) is 4.69. The highest BCUT2D eigenvalue weighted by Gasteiger charge is 2.52. The number of benzene rings is 1. The number of carbonyl (C=O) groups is 3. The molecule has 3 fully saturated rings. The fraction of sp³-hybridized carbons (Fsp3) is 0.550. The van der Waals surface area contributed by atoms with Crippen LogP contribution < -0.4 is 5.32 Å². The SMILES string of the molecule is CC1(C(=O)N2C[C@@H]3CCN(C(=O)c4ccc5c(c4)CC(=O)N5)[C@@H]3C2)CC1. The second-order valence-corrected chi connectivity index (χ2v) is 8.48. The van der Waals surface area contributed by atoms with Crippen LogP contribution in [0, 0.1) is 11.3 Å². The number of nitrogens with one attached hydrogen (secondary N) is 1. The predicted octanol–water partition coefficient (Wildman–Crippen LogP) is 1.65. The number of carbonyl (C=O) groups excluding carboxylic acids is 3. The van der Waals surface area contributed by atoms with Gasteiger partial charge in [-0.15, -0.1) is 0 Å². The normalized spacial score (nSPS) is 28.0. The lowest BCUT2D eigenvalue weighted by Gasteiger charge is -2.26. The summed E-state index contributed by atoms with van der Waals surface area (Å²) in [5.41, 5.74) is 2.19. The first-order valence-electron chi connectivity index (χ1n) is 9.48. The molecule has 5 rings (SSSR count). The highest BCUT2D eigenvalue weighted by atomic mass is 16.2. The van der Waals surface area contributed by atoms with E-state index in [1.807, 2.05) is 28.9 Å². The summed E-state index contributed by atoms with van der Waals surface area (Å²) in [4.78, 5) is 41.2. The van der Waals surface area contributed by atoms with Gasteiger partial charge in [0.1, 0.15) is 0 Å². The molecule has 6 heteroatoms. The number of anilines is 1. The molecule has 1 saturated carbocycles. The number of nitrogens with zero attached hydrogens (tertiary/aromatic N) is 2. The molecular weight excluding hydrogens is 330 g/mol. The van der Waals surface area contributed by atoms with Gasteiger partial charge in [-0.2, -0.15) is 0 Å². The lowest BCUT2D eigenvalue weighted by molar-refractivity contribution is -0.135. The molecule has 3 aliphatic heterocycles. The molecule has 0 aromatic heterocycles. The summed E-state index contributed by atoms with van der Waals surface area (Å²) >= 11 is 0. The van der Waals surface area contributed by atoms with Crippen LogP contribution in [0.3, 0.4) is 0 Å². The third-order valence-electron chi connectivity index (χ3n) is 6.59. The summed E-state index contributed by atoms with van der Waals surface area (Å²) in [7, 11) is 0. The van der Waals surface area contributed by atoms with E-state index < -0.39 is 0 Å². The first-order valence-corrected chi connectivity index (χ1v) is 9.48. The molecule has 0 spiro atoms. The van der Waals surface area contributed by atoms with Gasteiger partial charge in [0, 0.05) is 42.2 Å². The van der Waals surface area contributed by atoms with Crippen LogP contribution >= 0.6 is 0 Å². The lowest BCUT2D eigenvalue weighted by Crippen LogP contribution is -2.42. The molecule has 1 aromatic carbocycles. The maximum atomic E-state index is 13.1. The zero-order chi connectivity index (χ0) is 18.1. The zero-order valence-corrected chi connectivity index (χ0v) is 15.0. The van der Waals surface area contributed by atoms with Crippen LogP contribution in [0.15, 0.2) is 18.2 Å². The third kappa shape index (κ3) is 2.35. The molecule has 1 N–H and O–H groups in total. The number of amides is 3. The van der Waals surface area contributed by atoms with E-state index in [4.69, 9.17) is 0 Å². The van der Waals surface area contributed by atoms with E-state index in [0.717, 1.165) is 43.6 Å². The summed E-state index contributed by atoms with van der Waals surface area (Å²) in [5.74, 6) is 0.653. The van der Waals surface area contributed by atoms with Gasteiger partial charge in [-0.3, -0.25) is 14.4 Å². The van der Waals surface area contributed by atoms with Crippen molar-refractivity contribution in [2.75, 3.05) is 25.0 Å². The van der Waals surface area contributed by atoms with Crippen molar-refractivity contribution in [3.8, 4) is 0 Å². The van der Waals surface area contributed by atoms with Gasteiger partial charge in [0.05, 0.1) is 12.5 Å². The minimum Gasteiger partial charge on any atom is -0.340 e. The quantitative estimate of drug-likeness (QED) is 0.879.